The minimum atomic E-state index is -0.414. The van der Waals surface area contributed by atoms with Crippen LogP contribution in [-0.4, -0.2) is 16.3 Å². The number of hydrogen-bond donors (Lipinski definition) is 0. The van der Waals surface area contributed by atoms with E-state index in [1.165, 1.54) is 11.3 Å². The summed E-state index contributed by atoms with van der Waals surface area (Å²) in [6, 6.07) is 15.7. The standard InChI is InChI=1S/C18H14N2O2S/c1-20-11-12-23-18(20)19-17(22)15-10-6-5-9-14(15)16(21)13-7-3-2-4-8-13/h2-12H,1H3. The number of thiazole rings is 1. The Morgan fingerprint density at radius 2 is 1.61 bits per heavy atom. The van der Waals surface area contributed by atoms with Gasteiger partial charge in [0.1, 0.15) is 0 Å². The van der Waals surface area contributed by atoms with Crippen LogP contribution in [0.3, 0.4) is 0 Å². The fourth-order valence-corrected chi connectivity index (χ4v) is 2.92. The number of amides is 1. The van der Waals surface area contributed by atoms with Crippen molar-refractivity contribution in [2.24, 2.45) is 12.0 Å². The maximum atomic E-state index is 12.6. The van der Waals surface area contributed by atoms with Gasteiger partial charge in [-0.3, -0.25) is 9.59 Å². The third-order valence-corrected chi connectivity index (χ3v) is 4.24. The second-order valence-corrected chi connectivity index (χ2v) is 5.83. The van der Waals surface area contributed by atoms with Gasteiger partial charge >= 0.3 is 0 Å². The third-order valence-electron chi connectivity index (χ3n) is 3.39. The van der Waals surface area contributed by atoms with E-state index >= 15 is 0 Å². The zero-order chi connectivity index (χ0) is 16.2. The number of carbonyl (C=O) groups excluding carboxylic acids is 2. The van der Waals surface area contributed by atoms with E-state index in [0.717, 1.165) is 0 Å². The van der Waals surface area contributed by atoms with Crippen molar-refractivity contribution >= 4 is 23.0 Å². The Bertz CT molecular complexity index is 923. The average molecular weight is 322 g/mol. The molecule has 0 aliphatic carbocycles. The van der Waals surface area contributed by atoms with Crippen LogP contribution in [-0.2, 0) is 7.05 Å². The fourth-order valence-electron chi connectivity index (χ4n) is 2.19. The molecule has 0 aliphatic heterocycles. The van der Waals surface area contributed by atoms with Crippen LogP contribution in [0, 0.1) is 0 Å². The molecule has 0 aliphatic rings. The molecule has 0 N–H and O–H groups in total. The summed E-state index contributed by atoms with van der Waals surface area (Å²) in [6.45, 7) is 0. The number of rotatable bonds is 3. The van der Waals surface area contributed by atoms with Crippen molar-refractivity contribution in [2.45, 2.75) is 0 Å². The Morgan fingerprint density at radius 3 is 2.26 bits per heavy atom. The highest BCUT2D eigenvalue weighted by atomic mass is 32.1. The largest absolute Gasteiger partial charge is 0.327 e. The minimum Gasteiger partial charge on any atom is -0.327 e. The van der Waals surface area contributed by atoms with E-state index < -0.39 is 5.91 Å². The van der Waals surface area contributed by atoms with Crippen molar-refractivity contribution in [2.75, 3.05) is 0 Å². The van der Waals surface area contributed by atoms with Crippen molar-refractivity contribution in [3.8, 4) is 0 Å². The van der Waals surface area contributed by atoms with Crippen molar-refractivity contribution < 1.29 is 9.59 Å². The Balaban J connectivity index is 2.04. The zero-order valence-electron chi connectivity index (χ0n) is 12.5. The van der Waals surface area contributed by atoms with Crippen LogP contribution in [0.15, 0.2) is 71.2 Å². The lowest BCUT2D eigenvalue weighted by Gasteiger charge is -2.05. The highest BCUT2D eigenvalue weighted by Crippen LogP contribution is 2.15. The molecule has 4 nitrogen and oxygen atoms in total. The number of carbonyl (C=O) groups is 2. The molecular weight excluding hydrogens is 308 g/mol. The molecule has 0 atom stereocenters. The number of ketones is 1. The lowest BCUT2D eigenvalue weighted by atomic mass is 9.98. The van der Waals surface area contributed by atoms with Crippen molar-refractivity contribution in [3.63, 3.8) is 0 Å². The van der Waals surface area contributed by atoms with Gasteiger partial charge in [-0.2, -0.15) is 4.99 Å². The molecule has 3 aromatic rings. The van der Waals surface area contributed by atoms with Crippen LogP contribution < -0.4 is 4.80 Å². The lowest BCUT2D eigenvalue weighted by molar-refractivity contribution is 0.0979. The summed E-state index contributed by atoms with van der Waals surface area (Å²) >= 11 is 1.37. The molecule has 0 radical (unpaired) electrons. The first kappa shape index (κ1) is 15.1. The molecular formula is C18H14N2O2S. The van der Waals surface area contributed by atoms with E-state index in [-0.39, 0.29) is 5.78 Å². The topological polar surface area (TPSA) is 51.4 Å². The molecule has 3 rings (SSSR count). The Kier molecular flexibility index (Phi) is 4.30. The molecule has 0 spiro atoms. The average Bonchev–Trinajstić information content (AvgIpc) is 3.00. The second kappa shape index (κ2) is 6.54. The van der Waals surface area contributed by atoms with Crippen molar-refractivity contribution in [3.05, 3.63) is 87.7 Å². The normalized spacial score (nSPS) is 11.4. The first-order chi connectivity index (χ1) is 11.2. The number of aryl methyl sites for hydroxylation is 1. The minimum absolute atomic E-state index is 0.180. The van der Waals surface area contributed by atoms with Gasteiger partial charge in [-0.15, -0.1) is 11.3 Å². The van der Waals surface area contributed by atoms with Crippen molar-refractivity contribution in [1.29, 1.82) is 0 Å². The van der Waals surface area contributed by atoms with Gasteiger partial charge in [0.15, 0.2) is 10.6 Å². The van der Waals surface area contributed by atoms with Gasteiger partial charge in [0.05, 0.1) is 5.56 Å². The molecule has 1 amide bonds. The summed E-state index contributed by atoms with van der Waals surface area (Å²) in [5.74, 6) is -0.594. The van der Waals surface area contributed by atoms with Gasteiger partial charge in [0.25, 0.3) is 5.91 Å². The van der Waals surface area contributed by atoms with Gasteiger partial charge in [0.2, 0.25) is 0 Å². The van der Waals surface area contributed by atoms with Gasteiger partial charge in [-0.1, -0.05) is 48.5 Å². The summed E-state index contributed by atoms with van der Waals surface area (Å²) in [4.78, 5) is 29.9. The number of nitrogens with zero attached hydrogens (tertiary/aromatic N) is 2. The Morgan fingerprint density at radius 1 is 0.957 bits per heavy atom. The molecule has 1 aromatic heterocycles. The summed E-state index contributed by atoms with van der Waals surface area (Å²) < 4.78 is 1.77. The van der Waals surface area contributed by atoms with Crippen LogP contribution in [0.2, 0.25) is 0 Å². The molecule has 5 heteroatoms. The van der Waals surface area contributed by atoms with E-state index in [1.807, 2.05) is 24.7 Å². The third kappa shape index (κ3) is 3.19. The maximum Gasteiger partial charge on any atom is 0.280 e. The lowest BCUT2D eigenvalue weighted by Crippen LogP contribution is -2.15. The SMILES string of the molecule is Cn1ccsc1=NC(=O)c1ccccc1C(=O)c1ccccc1. The van der Waals surface area contributed by atoms with Crippen LogP contribution in [0.4, 0.5) is 0 Å². The summed E-state index contributed by atoms with van der Waals surface area (Å²) in [5.41, 5.74) is 1.23. The first-order valence-corrected chi connectivity index (χ1v) is 7.93. The molecule has 2 aromatic carbocycles. The molecule has 0 saturated heterocycles. The molecule has 0 unspecified atom stereocenters. The molecule has 0 fully saturated rings. The molecule has 0 saturated carbocycles. The van der Waals surface area contributed by atoms with Crippen LogP contribution in [0.5, 0.6) is 0 Å². The number of benzene rings is 2. The monoisotopic (exact) mass is 322 g/mol. The van der Waals surface area contributed by atoms with E-state index in [9.17, 15) is 9.59 Å². The predicted octanol–water partition coefficient (Wildman–Crippen LogP) is 3.06. The van der Waals surface area contributed by atoms with E-state index in [4.69, 9.17) is 0 Å². The second-order valence-electron chi connectivity index (χ2n) is 4.95. The van der Waals surface area contributed by atoms with E-state index in [2.05, 4.69) is 4.99 Å². The highest BCUT2D eigenvalue weighted by molar-refractivity contribution is 7.07. The van der Waals surface area contributed by atoms with E-state index in [0.29, 0.717) is 21.5 Å². The maximum absolute atomic E-state index is 12.6. The quantitative estimate of drug-likeness (QED) is 0.696. The summed E-state index contributed by atoms with van der Waals surface area (Å²) in [6.07, 6.45) is 1.83. The molecule has 114 valence electrons. The predicted molar refractivity (Wildman–Crippen MR) is 89.5 cm³/mol. The summed E-state index contributed by atoms with van der Waals surface area (Å²) in [7, 11) is 1.82. The summed E-state index contributed by atoms with van der Waals surface area (Å²) in [5, 5.41) is 1.85. The van der Waals surface area contributed by atoms with Crippen LogP contribution in [0.25, 0.3) is 0 Å². The molecule has 1 heterocycles. The van der Waals surface area contributed by atoms with Gasteiger partial charge < -0.3 is 4.57 Å². The number of hydrogen-bond acceptors (Lipinski definition) is 3. The Hall–Kier alpha value is -2.79. The fraction of sp³-hybridized carbons (Fsp3) is 0.0556. The first-order valence-electron chi connectivity index (χ1n) is 7.05. The van der Waals surface area contributed by atoms with E-state index in [1.54, 1.807) is 53.1 Å². The zero-order valence-corrected chi connectivity index (χ0v) is 13.3. The van der Waals surface area contributed by atoms with Crippen LogP contribution >= 0.6 is 11.3 Å². The van der Waals surface area contributed by atoms with Gasteiger partial charge in [-0.25, -0.2) is 0 Å². The van der Waals surface area contributed by atoms with Crippen LogP contribution in [0.1, 0.15) is 26.3 Å². The van der Waals surface area contributed by atoms with Gasteiger partial charge in [0, 0.05) is 29.8 Å². The highest BCUT2D eigenvalue weighted by Gasteiger charge is 2.17. The molecule has 0 bridgehead atoms. The Labute approximate surface area is 137 Å². The van der Waals surface area contributed by atoms with Gasteiger partial charge in [-0.05, 0) is 6.07 Å². The molecule has 23 heavy (non-hydrogen) atoms. The number of aromatic nitrogens is 1. The smallest absolute Gasteiger partial charge is 0.280 e. The van der Waals surface area contributed by atoms with Crippen molar-refractivity contribution in [1.82, 2.24) is 4.57 Å².